The van der Waals surface area contributed by atoms with Crippen LogP contribution in [0, 0.1) is 0 Å². The number of hydrogen-bond donors (Lipinski definition) is 3. The topological polar surface area (TPSA) is 84.5 Å². The van der Waals surface area contributed by atoms with Crippen LogP contribution < -0.4 is 20.7 Å². The standard InChI is InChI=1S/C20H26N4O3/c1-26-13-14-27-18-7-3-2-6-17(18)24-20(25)22-12-10-16-9-8-15-5-4-11-21-19(15)23-16/h2-3,6-9H,4-5,10-14H2,1H3,(H,21,23)(H2,22,24,25). The Labute approximate surface area is 159 Å². The van der Waals surface area contributed by atoms with Crippen LogP contribution in [0.5, 0.6) is 5.75 Å². The van der Waals surface area contributed by atoms with E-state index in [-0.39, 0.29) is 6.03 Å². The summed E-state index contributed by atoms with van der Waals surface area (Å²) >= 11 is 0. The van der Waals surface area contributed by atoms with Crippen LogP contribution in [0.1, 0.15) is 17.7 Å². The normalized spacial score (nSPS) is 12.6. The van der Waals surface area contributed by atoms with Gasteiger partial charge in [0, 0.05) is 32.3 Å². The number of amides is 2. The van der Waals surface area contributed by atoms with Crippen LogP contribution in [-0.4, -0.2) is 44.4 Å². The molecule has 0 unspecified atom stereocenters. The molecular weight excluding hydrogens is 344 g/mol. The molecule has 0 fully saturated rings. The largest absolute Gasteiger partial charge is 0.489 e. The van der Waals surface area contributed by atoms with Crippen LogP contribution in [0.4, 0.5) is 16.3 Å². The minimum absolute atomic E-state index is 0.270. The number of hydrogen-bond acceptors (Lipinski definition) is 5. The van der Waals surface area contributed by atoms with Crippen molar-refractivity contribution in [3.8, 4) is 5.75 Å². The van der Waals surface area contributed by atoms with Crippen molar-refractivity contribution >= 4 is 17.5 Å². The first kappa shape index (κ1) is 19.0. The molecule has 0 bridgehead atoms. The van der Waals surface area contributed by atoms with E-state index in [1.165, 1.54) is 5.56 Å². The zero-order valence-corrected chi connectivity index (χ0v) is 15.6. The Balaban J connectivity index is 1.47. The van der Waals surface area contributed by atoms with Gasteiger partial charge in [-0.25, -0.2) is 9.78 Å². The number of nitrogens with zero attached hydrogens (tertiary/aromatic N) is 1. The maximum Gasteiger partial charge on any atom is 0.319 e. The van der Waals surface area contributed by atoms with Gasteiger partial charge >= 0.3 is 6.03 Å². The molecule has 0 aliphatic carbocycles. The number of carbonyl (C=O) groups is 1. The Kier molecular flexibility index (Phi) is 6.87. The van der Waals surface area contributed by atoms with E-state index >= 15 is 0 Å². The molecule has 3 N–H and O–H groups in total. The minimum atomic E-state index is -0.270. The molecule has 0 radical (unpaired) electrons. The van der Waals surface area contributed by atoms with Gasteiger partial charge < -0.3 is 25.4 Å². The van der Waals surface area contributed by atoms with Crippen LogP contribution in [0.2, 0.25) is 0 Å². The van der Waals surface area contributed by atoms with Gasteiger partial charge in [-0.2, -0.15) is 0 Å². The fourth-order valence-corrected chi connectivity index (χ4v) is 2.91. The van der Waals surface area contributed by atoms with Gasteiger partial charge in [0.05, 0.1) is 12.3 Å². The second-order valence-electron chi connectivity index (χ2n) is 6.31. The Morgan fingerprint density at radius 1 is 1.22 bits per heavy atom. The lowest BCUT2D eigenvalue weighted by atomic mass is 10.1. The summed E-state index contributed by atoms with van der Waals surface area (Å²) in [6.45, 7) is 2.39. The van der Waals surface area contributed by atoms with Crippen molar-refractivity contribution in [1.29, 1.82) is 0 Å². The number of para-hydroxylation sites is 2. The maximum absolute atomic E-state index is 12.2. The number of anilines is 2. The first-order valence-electron chi connectivity index (χ1n) is 9.24. The molecule has 0 saturated heterocycles. The van der Waals surface area contributed by atoms with Crippen LogP contribution >= 0.6 is 0 Å². The van der Waals surface area contributed by atoms with Crippen molar-refractivity contribution in [2.24, 2.45) is 0 Å². The molecule has 1 aliphatic rings. The van der Waals surface area contributed by atoms with Crippen LogP contribution in [0.3, 0.4) is 0 Å². The summed E-state index contributed by atoms with van der Waals surface area (Å²) in [5.74, 6) is 1.59. The zero-order valence-electron chi connectivity index (χ0n) is 15.6. The molecular formula is C20H26N4O3. The van der Waals surface area contributed by atoms with Crippen molar-refractivity contribution in [2.75, 3.05) is 44.0 Å². The molecule has 0 spiro atoms. The molecule has 1 aliphatic heterocycles. The second-order valence-corrected chi connectivity index (χ2v) is 6.31. The van der Waals surface area contributed by atoms with Crippen molar-refractivity contribution in [2.45, 2.75) is 19.3 Å². The van der Waals surface area contributed by atoms with Crippen molar-refractivity contribution in [1.82, 2.24) is 10.3 Å². The third-order valence-corrected chi connectivity index (χ3v) is 4.30. The van der Waals surface area contributed by atoms with Crippen molar-refractivity contribution in [3.63, 3.8) is 0 Å². The number of pyridine rings is 1. The summed E-state index contributed by atoms with van der Waals surface area (Å²) in [5, 5.41) is 9.02. The number of methoxy groups -OCH3 is 1. The lowest BCUT2D eigenvalue weighted by Crippen LogP contribution is -2.30. The Morgan fingerprint density at radius 3 is 3.00 bits per heavy atom. The number of fused-ring (bicyclic) bond motifs is 1. The quantitative estimate of drug-likeness (QED) is 0.622. The third-order valence-electron chi connectivity index (χ3n) is 4.30. The SMILES string of the molecule is COCCOc1ccccc1NC(=O)NCCc1ccc2c(n1)NCCC2. The summed E-state index contributed by atoms with van der Waals surface area (Å²) in [6.07, 6.45) is 2.89. The highest BCUT2D eigenvalue weighted by Crippen LogP contribution is 2.23. The third kappa shape index (κ3) is 5.59. The van der Waals surface area contributed by atoms with Gasteiger partial charge in [-0.05, 0) is 36.6 Å². The fraction of sp³-hybridized carbons (Fsp3) is 0.400. The highest BCUT2D eigenvalue weighted by Gasteiger charge is 2.11. The molecule has 7 heteroatoms. The molecule has 1 aromatic carbocycles. The molecule has 2 aromatic rings. The number of carbonyl (C=O) groups excluding carboxylic acids is 1. The number of nitrogens with one attached hydrogen (secondary N) is 3. The van der Waals surface area contributed by atoms with Crippen LogP contribution in [0.15, 0.2) is 36.4 Å². The monoisotopic (exact) mass is 370 g/mol. The molecule has 144 valence electrons. The molecule has 3 rings (SSSR count). The van der Waals surface area contributed by atoms with E-state index in [4.69, 9.17) is 9.47 Å². The minimum Gasteiger partial charge on any atom is -0.489 e. The summed E-state index contributed by atoms with van der Waals surface area (Å²) in [5.41, 5.74) is 2.86. The van der Waals surface area contributed by atoms with Gasteiger partial charge in [0.1, 0.15) is 18.2 Å². The molecule has 7 nitrogen and oxygen atoms in total. The van der Waals surface area contributed by atoms with Gasteiger partial charge in [-0.3, -0.25) is 0 Å². The van der Waals surface area contributed by atoms with Crippen molar-refractivity contribution in [3.05, 3.63) is 47.7 Å². The first-order chi connectivity index (χ1) is 13.3. The van der Waals surface area contributed by atoms with E-state index in [0.717, 1.165) is 30.9 Å². The molecule has 0 atom stereocenters. The predicted octanol–water partition coefficient (Wildman–Crippen LogP) is 2.83. The maximum atomic E-state index is 12.2. The van der Waals surface area contributed by atoms with E-state index < -0.39 is 0 Å². The smallest absolute Gasteiger partial charge is 0.319 e. The summed E-state index contributed by atoms with van der Waals surface area (Å²) in [7, 11) is 1.62. The number of ether oxygens (including phenoxy) is 2. The van der Waals surface area contributed by atoms with E-state index in [9.17, 15) is 4.79 Å². The zero-order chi connectivity index (χ0) is 18.9. The average Bonchev–Trinajstić information content (AvgIpc) is 2.69. The van der Waals surface area contributed by atoms with E-state index in [0.29, 0.717) is 37.6 Å². The Morgan fingerprint density at radius 2 is 2.11 bits per heavy atom. The van der Waals surface area contributed by atoms with E-state index in [2.05, 4.69) is 27.0 Å². The van der Waals surface area contributed by atoms with E-state index in [1.807, 2.05) is 24.3 Å². The molecule has 2 heterocycles. The average molecular weight is 370 g/mol. The second kappa shape index (κ2) is 9.78. The number of aromatic nitrogens is 1. The van der Waals surface area contributed by atoms with Gasteiger partial charge in [-0.15, -0.1) is 0 Å². The Hall–Kier alpha value is -2.80. The molecule has 0 saturated carbocycles. The number of urea groups is 1. The van der Waals surface area contributed by atoms with Gasteiger partial charge in [-0.1, -0.05) is 18.2 Å². The lowest BCUT2D eigenvalue weighted by molar-refractivity contribution is 0.146. The number of benzene rings is 1. The Bertz CT molecular complexity index is 767. The highest BCUT2D eigenvalue weighted by atomic mass is 16.5. The first-order valence-corrected chi connectivity index (χ1v) is 9.24. The summed E-state index contributed by atoms with van der Waals surface area (Å²) in [4.78, 5) is 16.8. The highest BCUT2D eigenvalue weighted by molar-refractivity contribution is 5.90. The molecule has 2 amide bonds. The summed E-state index contributed by atoms with van der Waals surface area (Å²) < 4.78 is 10.6. The molecule has 27 heavy (non-hydrogen) atoms. The van der Waals surface area contributed by atoms with E-state index in [1.54, 1.807) is 13.2 Å². The fourth-order valence-electron chi connectivity index (χ4n) is 2.91. The van der Waals surface area contributed by atoms with Gasteiger partial charge in [0.2, 0.25) is 0 Å². The molecule has 1 aromatic heterocycles. The van der Waals surface area contributed by atoms with Gasteiger partial charge in [0.15, 0.2) is 0 Å². The van der Waals surface area contributed by atoms with Crippen LogP contribution in [0.25, 0.3) is 0 Å². The summed E-state index contributed by atoms with van der Waals surface area (Å²) in [6, 6.07) is 11.2. The number of aryl methyl sites for hydroxylation is 1. The number of rotatable bonds is 8. The predicted molar refractivity (Wildman–Crippen MR) is 106 cm³/mol. The van der Waals surface area contributed by atoms with Crippen LogP contribution in [-0.2, 0) is 17.6 Å². The lowest BCUT2D eigenvalue weighted by Gasteiger charge is -2.17. The van der Waals surface area contributed by atoms with Crippen molar-refractivity contribution < 1.29 is 14.3 Å². The van der Waals surface area contributed by atoms with Gasteiger partial charge in [0.25, 0.3) is 0 Å².